The molecule has 1 amide bonds. The Balaban J connectivity index is 2.30. The molecule has 0 aromatic rings. The molecule has 5 heteroatoms. The number of allylic oxidation sites excluding steroid dienone is 2. The van der Waals surface area contributed by atoms with Crippen molar-refractivity contribution in [1.82, 2.24) is 10.2 Å². The zero-order chi connectivity index (χ0) is 11.9. The molecular formula is C11H12N2O3. The second-order valence-electron chi connectivity index (χ2n) is 3.89. The third-order valence-corrected chi connectivity index (χ3v) is 2.52. The molecule has 2 aliphatic rings. The maximum atomic E-state index is 11.8. The van der Waals surface area contributed by atoms with Crippen molar-refractivity contribution < 1.29 is 14.4 Å². The largest absolute Gasteiger partial charge is 0.365 e. The second kappa shape index (κ2) is 3.59. The third kappa shape index (κ3) is 1.76. The van der Waals surface area contributed by atoms with Crippen LogP contribution in [-0.2, 0) is 14.4 Å². The van der Waals surface area contributed by atoms with Crippen molar-refractivity contribution in [2.75, 3.05) is 13.1 Å². The van der Waals surface area contributed by atoms with Crippen LogP contribution in [0.3, 0.4) is 0 Å². The molecule has 1 heterocycles. The van der Waals surface area contributed by atoms with Gasteiger partial charge in [-0.15, -0.1) is 0 Å². The third-order valence-electron chi connectivity index (χ3n) is 2.52. The zero-order valence-electron chi connectivity index (χ0n) is 9.16. The minimum absolute atomic E-state index is 0.0700. The van der Waals surface area contributed by atoms with Crippen LogP contribution in [0.1, 0.15) is 13.8 Å². The Bertz CT molecular complexity index is 456. The average molecular weight is 220 g/mol. The second-order valence-corrected chi connectivity index (χ2v) is 3.89. The molecule has 1 aliphatic heterocycles. The molecule has 84 valence electrons. The Labute approximate surface area is 92.8 Å². The summed E-state index contributed by atoms with van der Waals surface area (Å²) in [6.07, 6.45) is 1.20. The van der Waals surface area contributed by atoms with Gasteiger partial charge >= 0.3 is 0 Å². The number of rotatable bonds is 2. The number of carbonyl (C=O) groups is 3. The number of hydrogen-bond donors (Lipinski definition) is 1. The van der Waals surface area contributed by atoms with Gasteiger partial charge in [-0.2, -0.15) is 0 Å². The van der Waals surface area contributed by atoms with Crippen molar-refractivity contribution in [2.24, 2.45) is 0 Å². The van der Waals surface area contributed by atoms with Gasteiger partial charge in [0.1, 0.15) is 0 Å². The zero-order valence-corrected chi connectivity index (χ0v) is 9.16. The van der Waals surface area contributed by atoms with Crippen molar-refractivity contribution in [1.29, 1.82) is 0 Å². The van der Waals surface area contributed by atoms with Gasteiger partial charge in [0.2, 0.25) is 17.5 Å². The minimum atomic E-state index is -0.352. The van der Waals surface area contributed by atoms with Crippen LogP contribution < -0.4 is 5.32 Å². The van der Waals surface area contributed by atoms with Crippen LogP contribution in [0, 0.1) is 0 Å². The fourth-order valence-corrected chi connectivity index (χ4v) is 1.71. The highest BCUT2D eigenvalue weighted by Gasteiger charge is 2.33. The van der Waals surface area contributed by atoms with E-state index < -0.39 is 0 Å². The topological polar surface area (TPSA) is 66.2 Å². The molecule has 0 atom stereocenters. The lowest BCUT2D eigenvalue weighted by Gasteiger charge is -2.17. The summed E-state index contributed by atoms with van der Waals surface area (Å²) in [5.74, 6) is -0.842. The molecule has 0 spiro atoms. The molecule has 16 heavy (non-hydrogen) atoms. The van der Waals surface area contributed by atoms with Gasteiger partial charge in [0.05, 0.1) is 11.4 Å². The molecule has 0 unspecified atom stereocenters. The summed E-state index contributed by atoms with van der Waals surface area (Å²) < 4.78 is 0. The van der Waals surface area contributed by atoms with Crippen LogP contribution >= 0.6 is 0 Å². The summed E-state index contributed by atoms with van der Waals surface area (Å²) in [5.41, 5.74) is 0.952. The standard InChI is InChI=1S/C11H12N2O3/c1-6-10(13-3-4-13)9(15)5-8(11(6)16)12-7(2)14/h5H,3-4H2,1-2H3,(H,12,14). The average Bonchev–Trinajstić information content (AvgIpc) is 2.97. The molecule has 5 nitrogen and oxygen atoms in total. The van der Waals surface area contributed by atoms with Gasteiger partial charge in [0.25, 0.3) is 0 Å². The first-order chi connectivity index (χ1) is 7.50. The summed E-state index contributed by atoms with van der Waals surface area (Å²) in [5, 5.41) is 2.37. The Morgan fingerprint density at radius 2 is 2.00 bits per heavy atom. The van der Waals surface area contributed by atoms with Gasteiger partial charge in [-0.25, -0.2) is 0 Å². The van der Waals surface area contributed by atoms with E-state index in [0.717, 1.165) is 13.1 Å². The van der Waals surface area contributed by atoms with E-state index >= 15 is 0 Å². The Hall–Kier alpha value is -1.91. The number of ketones is 2. The number of Topliss-reactive ketones (excluding diaryl/α,β-unsaturated/α-hetero) is 1. The molecule has 0 saturated carbocycles. The molecule has 1 N–H and O–H groups in total. The van der Waals surface area contributed by atoms with Crippen LogP contribution in [0.4, 0.5) is 0 Å². The van der Waals surface area contributed by atoms with Crippen LogP contribution in [-0.4, -0.2) is 35.5 Å². The van der Waals surface area contributed by atoms with Gasteiger partial charge in [-0.1, -0.05) is 0 Å². The smallest absolute Gasteiger partial charge is 0.221 e. The van der Waals surface area contributed by atoms with E-state index in [9.17, 15) is 14.4 Å². The number of carbonyl (C=O) groups excluding carboxylic acids is 3. The lowest BCUT2D eigenvalue weighted by atomic mass is 9.98. The fraction of sp³-hybridized carbons (Fsp3) is 0.364. The summed E-state index contributed by atoms with van der Waals surface area (Å²) in [6, 6.07) is 0. The molecule has 0 aromatic heterocycles. The van der Waals surface area contributed by atoms with Crippen molar-refractivity contribution in [3.8, 4) is 0 Å². The predicted molar refractivity (Wildman–Crippen MR) is 56.2 cm³/mol. The van der Waals surface area contributed by atoms with E-state index in [0.29, 0.717) is 11.3 Å². The molecule has 0 aromatic carbocycles. The molecule has 2 rings (SSSR count). The lowest BCUT2D eigenvalue weighted by Crippen LogP contribution is -2.31. The fourth-order valence-electron chi connectivity index (χ4n) is 1.71. The summed E-state index contributed by atoms with van der Waals surface area (Å²) in [7, 11) is 0. The van der Waals surface area contributed by atoms with Crippen LogP contribution in [0.2, 0.25) is 0 Å². The van der Waals surface area contributed by atoms with Crippen molar-refractivity contribution in [2.45, 2.75) is 13.8 Å². The maximum absolute atomic E-state index is 11.8. The SMILES string of the molecule is CC(=O)NC1=CC(=O)C(N2CC2)=C(C)C1=O. The molecule has 0 radical (unpaired) electrons. The lowest BCUT2D eigenvalue weighted by molar-refractivity contribution is -0.121. The molecule has 1 fully saturated rings. The minimum Gasteiger partial charge on any atom is -0.365 e. The summed E-state index contributed by atoms with van der Waals surface area (Å²) >= 11 is 0. The quantitative estimate of drug-likeness (QED) is 0.514. The molecule has 0 bridgehead atoms. The number of amides is 1. The predicted octanol–water partition coefficient (Wildman–Crippen LogP) is -0.252. The van der Waals surface area contributed by atoms with Crippen LogP contribution in [0.15, 0.2) is 23.0 Å². The highest BCUT2D eigenvalue weighted by Crippen LogP contribution is 2.25. The first-order valence-electron chi connectivity index (χ1n) is 5.05. The first kappa shape index (κ1) is 10.6. The van der Waals surface area contributed by atoms with Crippen LogP contribution in [0.5, 0.6) is 0 Å². The Morgan fingerprint density at radius 3 is 2.50 bits per heavy atom. The van der Waals surface area contributed by atoms with Gasteiger partial charge in [-0.05, 0) is 6.92 Å². The van der Waals surface area contributed by atoms with E-state index in [2.05, 4.69) is 5.32 Å². The van der Waals surface area contributed by atoms with Crippen molar-refractivity contribution in [3.05, 3.63) is 23.0 Å². The van der Waals surface area contributed by atoms with E-state index in [1.807, 2.05) is 4.90 Å². The Kier molecular flexibility index (Phi) is 2.38. The maximum Gasteiger partial charge on any atom is 0.221 e. The van der Waals surface area contributed by atoms with Gasteiger partial charge in [0.15, 0.2) is 0 Å². The van der Waals surface area contributed by atoms with E-state index in [-0.39, 0.29) is 23.2 Å². The van der Waals surface area contributed by atoms with Crippen LogP contribution in [0.25, 0.3) is 0 Å². The van der Waals surface area contributed by atoms with E-state index in [4.69, 9.17) is 0 Å². The Morgan fingerprint density at radius 1 is 1.38 bits per heavy atom. The van der Waals surface area contributed by atoms with E-state index in [1.165, 1.54) is 13.0 Å². The normalized spacial score (nSPS) is 19.9. The summed E-state index contributed by atoms with van der Waals surface area (Å²) in [6.45, 7) is 4.55. The highest BCUT2D eigenvalue weighted by molar-refractivity contribution is 6.22. The van der Waals surface area contributed by atoms with Gasteiger partial charge in [-0.3, -0.25) is 14.4 Å². The molecule has 1 aliphatic carbocycles. The summed E-state index contributed by atoms with van der Waals surface area (Å²) in [4.78, 5) is 36.3. The monoisotopic (exact) mass is 220 g/mol. The highest BCUT2D eigenvalue weighted by atomic mass is 16.2. The number of hydrogen-bond acceptors (Lipinski definition) is 4. The molecular weight excluding hydrogens is 208 g/mol. The number of nitrogens with one attached hydrogen (secondary N) is 1. The number of nitrogens with zero attached hydrogens (tertiary/aromatic N) is 1. The van der Waals surface area contributed by atoms with Gasteiger partial charge < -0.3 is 10.2 Å². The van der Waals surface area contributed by atoms with Gasteiger partial charge in [0, 0.05) is 31.7 Å². The van der Waals surface area contributed by atoms with Crippen molar-refractivity contribution >= 4 is 17.5 Å². The first-order valence-corrected chi connectivity index (χ1v) is 5.05. The van der Waals surface area contributed by atoms with E-state index in [1.54, 1.807) is 6.92 Å². The van der Waals surface area contributed by atoms with Crippen molar-refractivity contribution in [3.63, 3.8) is 0 Å². The molecule has 1 saturated heterocycles.